The molecule has 2 aliphatic heterocycles. The summed E-state index contributed by atoms with van der Waals surface area (Å²) >= 11 is 0. The molecular formula is C13H24N2O3. The molecule has 2 atom stereocenters. The summed E-state index contributed by atoms with van der Waals surface area (Å²) in [4.78, 5) is 12.0. The van der Waals surface area contributed by atoms with Crippen LogP contribution in [0.1, 0.15) is 40.0 Å². The van der Waals surface area contributed by atoms with Crippen LogP contribution in [0.25, 0.3) is 0 Å². The third-order valence-electron chi connectivity index (χ3n) is 3.53. The highest BCUT2D eigenvalue weighted by Crippen LogP contribution is 2.28. The third-order valence-corrected chi connectivity index (χ3v) is 3.53. The zero-order valence-corrected chi connectivity index (χ0v) is 11.5. The molecule has 0 bridgehead atoms. The highest BCUT2D eigenvalue weighted by atomic mass is 16.6. The van der Waals surface area contributed by atoms with Gasteiger partial charge in [-0.25, -0.2) is 4.79 Å². The fourth-order valence-electron chi connectivity index (χ4n) is 2.70. The summed E-state index contributed by atoms with van der Waals surface area (Å²) in [7, 11) is 0. The van der Waals surface area contributed by atoms with E-state index in [0.29, 0.717) is 19.3 Å². The molecule has 2 saturated heterocycles. The first-order valence-corrected chi connectivity index (χ1v) is 6.74. The van der Waals surface area contributed by atoms with E-state index < -0.39 is 5.60 Å². The van der Waals surface area contributed by atoms with Crippen molar-refractivity contribution in [3.8, 4) is 0 Å². The van der Waals surface area contributed by atoms with E-state index in [9.17, 15) is 4.79 Å². The number of nitrogens with one attached hydrogen (secondary N) is 2. The van der Waals surface area contributed by atoms with Crippen molar-refractivity contribution in [1.29, 1.82) is 0 Å². The molecule has 18 heavy (non-hydrogen) atoms. The van der Waals surface area contributed by atoms with Crippen molar-refractivity contribution in [2.24, 2.45) is 0 Å². The van der Waals surface area contributed by atoms with Crippen LogP contribution in [0.5, 0.6) is 0 Å². The third kappa shape index (κ3) is 3.14. The number of carbonyl (C=O) groups excluding carboxylic acids is 1. The number of rotatable bonds is 2. The first kappa shape index (κ1) is 13.6. The molecule has 1 amide bonds. The molecule has 0 aromatic heterocycles. The van der Waals surface area contributed by atoms with Crippen LogP contribution in [0.3, 0.4) is 0 Å². The van der Waals surface area contributed by atoms with Crippen LogP contribution in [0, 0.1) is 0 Å². The summed E-state index contributed by atoms with van der Waals surface area (Å²) in [6.45, 7) is 7.91. The second kappa shape index (κ2) is 5.05. The van der Waals surface area contributed by atoms with Gasteiger partial charge in [0.2, 0.25) is 0 Å². The van der Waals surface area contributed by atoms with Gasteiger partial charge in [0, 0.05) is 12.6 Å². The van der Waals surface area contributed by atoms with Gasteiger partial charge in [-0.3, -0.25) is 0 Å². The average Bonchev–Trinajstić information content (AvgIpc) is 2.82. The maximum absolute atomic E-state index is 12.0. The second-order valence-corrected chi connectivity index (χ2v) is 6.23. The fraction of sp³-hybridized carbons (Fsp3) is 0.923. The fourth-order valence-corrected chi connectivity index (χ4v) is 2.70. The Labute approximate surface area is 109 Å². The summed E-state index contributed by atoms with van der Waals surface area (Å²) in [5.41, 5.74) is -0.757. The van der Waals surface area contributed by atoms with Crippen molar-refractivity contribution in [1.82, 2.24) is 10.6 Å². The van der Waals surface area contributed by atoms with Crippen molar-refractivity contribution in [2.75, 3.05) is 19.8 Å². The standard InChI is InChI=1S/C13H24N2O3/c1-12(2,3)18-11(16)15-13(6-8-17-9-13)10-5-4-7-14-10/h10,14H,4-9H2,1-3H3,(H,15,16). The number of carbonyl (C=O) groups is 1. The minimum atomic E-state index is -0.464. The van der Waals surface area contributed by atoms with Crippen LogP contribution in [0.4, 0.5) is 4.79 Å². The Morgan fingerprint density at radius 1 is 1.50 bits per heavy atom. The Morgan fingerprint density at radius 2 is 2.28 bits per heavy atom. The molecule has 2 fully saturated rings. The Hall–Kier alpha value is -0.810. The van der Waals surface area contributed by atoms with Gasteiger partial charge < -0.3 is 20.1 Å². The summed E-state index contributed by atoms with van der Waals surface area (Å²) in [5, 5.41) is 6.50. The summed E-state index contributed by atoms with van der Waals surface area (Å²) in [6.07, 6.45) is 2.74. The van der Waals surface area contributed by atoms with E-state index in [2.05, 4.69) is 10.6 Å². The van der Waals surface area contributed by atoms with E-state index >= 15 is 0 Å². The summed E-state index contributed by atoms with van der Waals surface area (Å²) in [6, 6.07) is 0.299. The SMILES string of the molecule is CC(C)(C)OC(=O)NC1(C2CCCN2)CCOC1. The molecule has 2 aliphatic rings. The smallest absolute Gasteiger partial charge is 0.408 e. The topological polar surface area (TPSA) is 59.6 Å². The van der Waals surface area contributed by atoms with Crippen LogP contribution >= 0.6 is 0 Å². The number of amides is 1. The van der Waals surface area contributed by atoms with E-state index in [1.54, 1.807) is 0 Å². The average molecular weight is 256 g/mol. The second-order valence-electron chi connectivity index (χ2n) is 6.23. The van der Waals surface area contributed by atoms with E-state index in [4.69, 9.17) is 9.47 Å². The van der Waals surface area contributed by atoms with Gasteiger partial charge >= 0.3 is 6.09 Å². The van der Waals surface area contributed by atoms with E-state index in [1.165, 1.54) is 0 Å². The molecule has 0 saturated carbocycles. The van der Waals surface area contributed by atoms with Gasteiger partial charge in [0.25, 0.3) is 0 Å². The van der Waals surface area contributed by atoms with Crippen LogP contribution in [0.2, 0.25) is 0 Å². The van der Waals surface area contributed by atoms with Crippen molar-refractivity contribution in [2.45, 2.75) is 57.2 Å². The normalized spacial score (nSPS) is 32.5. The molecular weight excluding hydrogens is 232 g/mol. The maximum Gasteiger partial charge on any atom is 0.408 e. The molecule has 2 N–H and O–H groups in total. The van der Waals surface area contributed by atoms with Crippen molar-refractivity contribution < 1.29 is 14.3 Å². The van der Waals surface area contributed by atoms with Gasteiger partial charge in [-0.05, 0) is 46.6 Å². The van der Waals surface area contributed by atoms with Gasteiger partial charge in [-0.1, -0.05) is 0 Å². The van der Waals surface area contributed by atoms with Crippen molar-refractivity contribution in [3.63, 3.8) is 0 Å². The number of hydrogen-bond donors (Lipinski definition) is 2. The van der Waals surface area contributed by atoms with Crippen molar-refractivity contribution >= 4 is 6.09 Å². The molecule has 2 rings (SSSR count). The molecule has 0 spiro atoms. The number of ether oxygens (including phenoxy) is 2. The summed E-state index contributed by atoms with van der Waals surface area (Å²) < 4.78 is 10.8. The van der Waals surface area contributed by atoms with Crippen LogP contribution in [-0.4, -0.2) is 43.0 Å². The van der Waals surface area contributed by atoms with Crippen molar-refractivity contribution in [3.05, 3.63) is 0 Å². The first-order chi connectivity index (χ1) is 8.41. The minimum Gasteiger partial charge on any atom is -0.444 e. The van der Waals surface area contributed by atoms with Gasteiger partial charge in [-0.15, -0.1) is 0 Å². The van der Waals surface area contributed by atoms with Gasteiger partial charge in [-0.2, -0.15) is 0 Å². The molecule has 0 aromatic carbocycles. The summed E-state index contributed by atoms with van der Waals surface area (Å²) in [5.74, 6) is 0. The Morgan fingerprint density at radius 3 is 2.78 bits per heavy atom. The lowest BCUT2D eigenvalue weighted by atomic mass is 9.88. The Kier molecular flexibility index (Phi) is 3.82. The molecule has 2 heterocycles. The van der Waals surface area contributed by atoms with E-state index in [0.717, 1.165) is 25.8 Å². The van der Waals surface area contributed by atoms with Gasteiger partial charge in [0.05, 0.1) is 12.1 Å². The lowest BCUT2D eigenvalue weighted by molar-refractivity contribution is 0.0411. The maximum atomic E-state index is 12.0. The molecule has 5 heteroatoms. The quantitative estimate of drug-likeness (QED) is 0.784. The Balaban J connectivity index is 2.00. The molecule has 104 valence electrons. The molecule has 2 unspecified atom stereocenters. The highest BCUT2D eigenvalue weighted by Gasteiger charge is 2.45. The zero-order chi connectivity index (χ0) is 13.2. The predicted octanol–water partition coefficient (Wildman–Crippen LogP) is 1.42. The Bertz CT molecular complexity index is 300. The number of alkyl carbamates (subject to hydrolysis) is 1. The zero-order valence-electron chi connectivity index (χ0n) is 11.5. The lowest BCUT2D eigenvalue weighted by Crippen LogP contribution is -2.60. The monoisotopic (exact) mass is 256 g/mol. The van der Waals surface area contributed by atoms with Crippen LogP contribution < -0.4 is 10.6 Å². The lowest BCUT2D eigenvalue weighted by Gasteiger charge is -2.35. The van der Waals surface area contributed by atoms with Crippen LogP contribution in [-0.2, 0) is 9.47 Å². The first-order valence-electron chi connectivity index (χ1n) is 6.74. The highest BCUT2D eigenvalue weighted by molar-refractivity contribution is 5.69. The molecule has 5 nitrogen and oxygen atoms in total. The van der Waals surface area contributed by atoms with Gasteiger partial charge in [0.1, 0.15) is 5.60 Å². The molecule has 0 aromatic rings. The molecule has 0 aliphatic carbocycles. The van der Waals surface area contributed by atoms with Gasteiger partial charge in [0.15, 0.2) is 0 Å². The van der Waals surface area contributed by atoms with E-state index in [1.807, 2.05) is 20.8 Å². The van der Waals surface area contributed by atoms with E-state index in [-0.39, 0.29) is 11.6 Å². The number of hydrogen-bond acceptors (Lipinski definition) is 4. The molecule has 0 radical (unpaired) electrons. The largest absolute Gasteiger partial charge is 0.444 e. The minimum absolute atomic E-state index is 0.293. The predicted molar refractivity (Wildman–Crippen MR) is 68.6 cm³/mol. The van der Waals surface area contributed by atoms with Crippen LogP contribution in [0.15, 0.2) is 0 Å².